The highest BCUT2D eigenvalue weighted by molar-refractivity contribution is 5.39. The van der Waals surface area contributed by atoms with Gasteiger partial charge in [-0.25, -0.2) is 0 Å². The Morgan fingerprint density at radius 2 is 2.12 bits per heavy atom. The normalized spacial score (nSPS) is 11.5. The third kappa shape index (κ3) is 3.31. The van der Waals surface area contributed by atoms with Crippen LogP contribution in [0.4, 0.5) is 0 Å². The van der Waals surface area contributed by atoms with E-state index >= 15 is 0 Å². The average Bonchev–Trinajstić information content (AvgIpc) is 2.28. The van der Waals surface area contributed by atoms with Crippen molar-refractivity contribution in [2.24, 2.45) is 0 Å². The Kier molecular flexibility index (Phi) is 4.92. The molecule has 0 radical (unpaired) electrons. The second-order valence-electron chi connectivity index (χ2n) is 4.01. The first kappa shape index (κ1) is 12.6. The third-order valence-electron chi connectivity index (χ3n) is 2.58. The molecule has 1 aromatic carbocycles. The van der Waals surface area contributed by atoms with E-state index in [1.807, 2.05) is 13.8 Å². The molecule has 0 saturated carbocycles. The van der Waals surface area contributed by atoms with E-state index in [-0.39, 0.29) is 0 Å². The number of benzene rings is 1. The summed E-state index contributed by atoms with van der Waals surface area (Å²) in [5, 5.41) is 0. The molecule has 0 spiro atoms. The number of rotatable bonds is 4. The summed E-state index contributed by atoms with van der Waals surface area (Å²) in [6.45, 7) is 8.91. The molecule has 0 amide bonds. The first-order valence-corrected chi connectivity index (χ1v) is 5.82. The second-order valence-corrected chi connectivity index (χ2v) is 4.01. The van der Waals surface area contributed by atoms with E-state index in [9.17, 15) is 0 Å². The number of ether oxygens (including phenoxy) is 1. The first-order chi connectivity index (χ1) is 7.69. The lowest BCUT2D eigenvalue weighted by Crippen LogP contribution is -2.00. The summed E-state index contributed by atoms with van der Waals surface area (Å²) in [7, 11) is 0. The Labute approximate surface area is 98.8 Å². The van der Waals surface area contributed by atoms with Gasteiger partial charge in [0.2, 0.25) is 0 Å². The lowest BCUT2D eigenvalue weighted by Gasteiger charge is -2.15. The van der Waals surface area contributed by atoms with Gasteiger partial charge in [0.25, 0.3) is 0 Å². The van der Waals surface area contributed by atoms with E-state index in [0.717, 1.165) is 12.2 Å². The van der Waals surface area contributed by atoms with E-state index in [0.29, 0.717) is 12.5 Å². The van der Waals surface area contributed by atoms with Gasteiger partial charge in [-0.15, -0.1) is 11.8 Å². The van der Waals surface area contributed by atoms with Crippen LogP contribution in [0.1, 0.15) is 44.2 Å². The lowest BCUT2D eigenvalue weighted by molar-refractivity contribution is 0.334. The van der Waals surface area contributed by atoms with Crippen molar-refractivity contribution in [1.29, 1.82) is 0 Å². The molecule has 16 heavy (non-hydrogen) atoms. The molecule has 0 saturated heterocycles. The van der Waals surface area contributed by atoms with Gasteiger partial charge in [0, 0.05) is 6.42 Å². The molecule has 0 heterocycles. The summed E-state index contributed by atoms with van der Waals surface area (Å²) in [6.07, 6.45) is 0.889. The zero-order chi connectivity index (χ0) is 12.0. The van der Waals surface area contributed by atoms with Crippen molar-refractivity contribution in [1.82, 2.24) is 0 Å². The molecule has 0 fully saturated rings. The fourth-order valence-electron chi connectivity index (χ4n) is 1.71. The van der Waals surface area contributed by atoms with Gasteiger partial charge in [0.1, 0.15) is 5.75 Å². The molecule has 0 aliphatic heterocycles. The quantitative estimate of drug-likeness (QED) is 0.693. The standard InChI is InChI=1S/C15H20O/c1-5-7-8-13(4)14-11-12(3)9-10-15(14)16-6-2/h9-11,13H,6,8H2,1-4H3. The maximum atomic E-state index is 5.64. The molecule has 1 atom stereocenters. The molecular weight excluding hydrogens is 196 g/mol. The van der Waals surface area contributed by atoms with Gasteiger partial charge < -0.3 is 4.74 Å². The van der Waals surface area contributed by atoms with Crippen molar-refractivity contribution >= 4 is 0 Å². The number of aryl methyl sites for hydroxylation is 1. The van der Waals surface area contributed by atoms with Gasteiger partial charge in [-0.05, 0) is 38.3 Å². The lowest BCUT2D eigenvalue weighted by atomic mass is 9.95. The van der Waals surface area contributed by atoms with Gasteiger partial charge in [-0.2, -0.15) is 0 Å². The molecule has 0 aliphatic rings. The predicted molar refractivity (Wildman–Crippen MR) is 68.8 cm³/mol. The van der Waals surface area contributed by atoms with Crippen LogP contribution in [0, 0.1) is 18.8 Å². The topological polar surface area (TPSA) is 9.23 Å². The van der Waals surface area contributed by atoms with E-state index in [4.69, 9.17) is 4.74 Å². The minimum Gasteiger partial charge on any atom is -0.494 e. The highest BCUT2D eigenvalue weighted by Gasteiger charge is 2.10. The van der Waals surface area contributed by atoms with Crippen LogP contribution in [0.5, 0.6) is 5.75 Å². The smallest absolute Gasteiger partial charge is 0.122 e. The SMILES string of the molecule is CC#CCC(C)c1cc(C)ccc1OCC. The highest BCUT2D eigenvalue weighted by Crippen LogP contribution is 2.29. The molecule has 1 unspecified atom stereocenters. The van der Waals surface area contributed by atoms with Crippen molar-refractivity contribution < 1.29 is 4.74 Å². The molecule has 1 heteroatoms. The average molecular weight is 216 g/mol. The second kappa shape index (κ2) is 6.23. The first-order valence-electron chi connectivity index (χ1n) is 5.82. The summed E-state index contributed by atoms with van der Waals surface area (Å²) in [4.78, 5) is 0. The Morgan fingerprint density at radius 1 is 1.38 bits per heavy atom. The van der Waals surface area contributed by atoms with E-state index in [1.165, 1.54) is 11.1 Å². The van der Waals surface area contributed by atoms with E-state index in [1.54, 1.807) is 0 Å². The summed E-state index contributed by atoms with van der Waals surface area (Å²) < 4.78 is 5.64. The summed E-state index contributed by atoms with van der Waals surface area (Å²) in [5.41, 5.74) is 2.54. The van der Waals surface area contributed by atoms with Crippen molar-refractivity contribution in [3.05, 3.63) is 29.3 Å². The van der Waals surface area contributed by atoms with Crippen molar-refractivity contribution in [2.45, 2.75) is 40.0 Å². The fourth-order valence-corrected chi connectivity index (χ4v) is 1.71. The predicted octanol–water partition coefficient (Wildman–Crippen LogP) is 3.91. The molecule has 0 bridgehead atoms. The van der Waals surface area contributed by atoms with Crippen LogP contribution in [-0.2, 0) is 0 Å². The zero-order valence-electron chi connectivity index (χ0n) is 10.6. The molecule has 1 rings (SSSR count). The Balaban J connectivity index is 2.96. The molecule has 1 nitrogen and oxygen atoms in total. The minimum absolute atomic E-state index is 0.425. The van der Waals surface area contributed by atoms with Crippen LogP contribution in [-0.4, -0.2) is 6.61 Å². The Morgan fingerprint density at radius 3 is 2.75 bits per heavy atom. The molecule has 0 aromatic heterocycles. The number of hydrogen-bond donors (Lipinski definition) is 0. The highest BCUT2D eigenvalue weighted by atomic mass is 16.5. The van der Waals surface area contributed by atoms with Gasteiger partial charge in [-0.1, -0.05) is 24.6 Å². The largest absolute Gasteiger partial charge is 0.494 e. The summed E-state index contributed by atoms with van der Waals surface area (Å²) in [6, 6.07) is 6.35. The zero-order valence-corrected chi connectivity index (χ0v) is 10.6. The maximum absolute atomic E-state index is 5.64. The van der Waals surface area contributed by atoms with Gasteiger partial charge in [-0.3, -0.25) is 0 Å². The number of hydrogen-bond acceptors (Lipinski definition) is 1. The van der Waals surface area contributed by atoms with Crippen LogP contribution in [0.2, 0.25) is 0 Å². The summed E-state index contributed by atoms with van der Waals surface area (Å²) in [5.74, 6) is 7.50. The fraction of sp³-hybridized carbons (Fsp3) is 0.467. The third-order valence-corrected chi connectivity index (χ3v) is 2.58. The molecule has 86 valence electrons. The van der Waals surface area contributed by atoms with Crippen LogP contribution < -0.4 is 4.74 Å². The van der Waals surface area contributed by atoms with Crippen molar-refractivity contribution in [3.8, 4) is 17.6 Å². The Hall–Kier alpha value is -1.42. The van der Waals surface area contributed by atoms with Gasteiger partial charge >= 0.3 is 0 Å². The van der Waals surface area contributed by atoms with Crippen LogP contribution in [0.3, 0.4) is 0 Å². The van der Waals surface area contributed by atoms with Crippen molar-refractivity contribution in [3.63, 3.8) is 0 Å². The van der Waals surface area contributed by atoms with E-state index < -0.39 is 0 Å². The van der Waals surface area contributed by atoms with Gasteiger partial charge in [0.15, 0.2) is 0 Å². The van der Waals surface area contributed by atoms with Crippen LogP contribution in [0.15, 0.2) is 18.2 Å². The van der Waals surface area contributed by atoms with Crippen molar-refractivity contribution in [2.75, 3.05) is 6.61 Å². The van der Waals surface area contributed by atoms with E-state index in [2.05, 4.69) is 43.9 Å². The molecule has 0 aliphatic carbocycles. The monoisotopic (exact) mass is 216 g/mol. The van der Waals surface area contributed by atoms with Gasteiger partial charge in [0.05, 0.1) is 6.61 Å². The maximum Gasteiger partial charge on any atom is 0.122 e. The Bertz CT molecular complexity index is 396. The van der Waals surface area contributed by atoms with Crippen LogP contribution in [0.25, 0.3) is 0 Å². The van der Waals surface area contributed by atoms with Crippen LogP contribution >= 0.6 is 0 Å². The summed E-state index contributed by atoms with van der Waals surface area (Å²) >= 11 is 0. The molecule has 0 N–H and O–H groups in total. The minimum atomic E-state index is 0.425. The molecule has 1 aromatic rings. The molecular formula is C15H20O.